The molecule has 28 heavy (non-hydrogen) atoms. The van der Waals surface area contributed by atoms with Gasteiger partial charge in [-0.25, -0.2) is 14.8 Å². The summed E-state index contributed by atoms with van der Waals surface area (Å²) in [7, 11) is 0. The van der Waals surface area contributed by atoms with E-state index < -0.39 is 23.0 Å². The lowest BCUT2D eigenvalue weighted by Crippen LogP contribution is -2.33. The minimum absolute atomic E-state index is 0.0192. The third kappa shape index (κ3) is 3.86. The fraction of sp³-hybridized carbons (Fsp3) is 0.0526. The van der Waals surface area contributed by atoms with Gasteiger partial charge in [-0.05, 0) is 43.3 Å². The number of carbonyl (C=O) groups is 1. The first-order valence-corrected chi connectivity index (χ1v) is 8.50. The number of aromatic hydroxyl groups is 1. The molecule has 142 valence electrons. The molecule has 0 saturated carbocycles. The third-order valence-corrected chi connectivity index (χ3v) is 4.15. The van der Waals surface area contributed by atoms with Crippen molar-refractivity contribution in [1.82, 2.24) is 15.0 Å². The van der Waals surface area contributed by atoms with Crippen molar-refractivity contribution in [2.75, 3.05) is 0 Å². The molecule has 1 aromatic heterocycles. The van der Waals surface area contributed by atoms with Crippen molar-refractivity contribution < 1.29 is 9.90 Å². The van der Waals surface area contributed by atoms with Crippen LogP contribution < -0.4 is 16.7 Å². The van der Waals surface area contributed by atoms with Gasteiger partial charge in [-0.1, -0.05) is 29.8 Å². The van der Waals surface area contributed by atoms with E-state index >= 15 is 0 Å². The predicted octanol–water partition coefficient (Wildman–Crippen LogP) is 2.04. The average molecular weight is 399 g/mol. The summed E-state index contributed by atoms with van der Waals surface area (Å²) in [6.07, 6.45) is 0. The maximum atomic E-state index is 12.2. The van der Waals surface area contributed by atoms with Crippen LogP contribution in [0.2, 0.25) is 5.02 Å². The van der Waals surface area contributed by atoms with E-state index in [1.54, 1.807) is 30.3 Å². The summed E-state index contributed by atoms with van der Waals surface area (Å²) in [5.74, 6) is -1.09. The zero-order valence-corrected chi connectivity index (χ0v) is 15.4. The number of hydrogen-bond acceptors (Lipinski definition) is 5. The van der Waals surface area contributed by atoms with Crippen molar-refractivity contribution in [3.63, 3.8) is 0 Å². The number of aromatic amines is 1. The number of halogens is 1. The first-order chi connectivity index (χ1) is 13.4. The topological polar surface area (TPSA) is 117 Å². The molecule has 0 radical (unpaired) electrons. The third-order valence-electron chi connectivity index (χ3n) is 3.89. The Morgan fingerprint density at radius 2 is 1.75 bits per heavy atom. The van der Waals surface area contributed by atoms with Crippen LogP contribution in [0.15, 0.2) is 69.3 Å². The number of carbonyl (C=O) groups excluding carboxylic acids is 1. The van der Waals surface area contributed by atoms with Crippen LogP contribution in [0, 0.1) is 0 Å². The van der Waals surface area contributed by atoms with Crippen molar-refractivity contribution >= 4 is 23.2 Å². The summed E-state index contributed by atoms with van der Waals surface area (Å²) in [6, 6.07) is 14.5. The standard InChI is InChI=1S/C19H15ClN4O4/c1-11(22-23-16(25)12-5-3-2-4-6-12)15-17(26)21-19(28)24(18(15)27)14-9-7-13(20)8-10-14/h2-10,27H,1H3,(H,23,25)(H,21,26,28)/b22-11+. The van der Waals surface area contributed by atoms with E-state index in [1.807, 2.05) is 0 Å². The molecule has 3 aromatic rings. The van der Waals surface area contributed by atoms with Gasteiger partial charge in [0.25, 0.3) is 11.5 Å². The molecule has 3 N–H and O–H groups in total. The smallest absolute Gasteiger partial charge is 0.335 e. The molecular formula is C19H15ClN4O4. The molecule has 0 atom stereocenters. The summed E-state index contributed by atoms with van der Waals surface area (Å²) in [5.41, 5.74) is 1.11. The molecule has 0 aliphatic heterocycles. The first kappa shape index (κ1) is 19.1. The minimum atomic E-state index is -0.831. The van der Waals surface area contributed by atoms with E-state index in [1.165, 1.54) is 31.2 Å². The lowest BCUT2D eigenvalue weighted by atomic mass is 10.2. The van der Waals surface area contributed by atoms with Crippen molar-refractivity contribution in [2.24, 2.45) is 5.10 Å². The number of amides is 1. The number of rotatable bonds is 4. The van der Waals surface area contributed by atoms with Crippen LogP contribution in [0.3, 0.4) is 0 Å². The molecule has 1 amide bonds. The van der Waals surface area contributed by atoms with E-state index in [9.17, 15) is 19.5 Å². The zero-order chi connectivity index (χ0) is 20.3. The molecule has 8 nitrogen and oxygen atoms in total. The average Bonchev–Trinajstić information content (AvgIpc) is 2.68. The number of nitrogens with zero attached hydrogens (tertiary/aromatic N) is 2. The molecule has 9 heteroatoms. The van der Waals surface area contributed by atoms with Crippen molar-refractivity contribution in [2.45, 2.75) is 6.92 Å². The van der Waals surface area contributed by atoms with E-state index in [0.717, 1.165) is 4.57 Å². The second-order valence-corrected chi connectivity index (χ2v) is 6.21. The number of hydrazone groups is 1. The molecule has 0 spiro atoms. The van der Waals surface area contributed by atoms with Crippen LogP contribution in [-0.2, 0) is 0 Å². The van der Waals surface area contributed by atoms with Gasteiger partial charge in [-0.3, -0.25) is 14.6 Å². The van der Waals surface area contributed by atoms with Gasteiger partial charge in [0.2, 0.25) is 5.88 Å². The Balaban J connectivity index is 2.00. The summed E-state index contributed by atoms with van der Waals surface area (Å²) in [6.45, 7) is 1.42. The second kappa shape index (κ2) is 7.93. The highest BCUT2D eigenvalue weighted by molar-refractivity contribution is 6.30. The zero-order valence-electron chi connectivity index (χ0n) is 14.6. The fourth-order valence-electron chi connectivity index (χ4n) is 2.53. The number of H-pyrrole nitrogens is 1. The van der Waals surface area contributed by atoms with Crippen LogP contribution in [0.25, 0.3) is 5.69 Å². The van der Waals surface area contributed by atoms with Crippen LogP contribution in [0.1, 0.15) is 22.8 Å². The molecule has 0 fully saturated rings. The van der Waals surface area contributed by atoms with Gasteiger partial charge in [0.05, 0.1) is 11.4 Å². The monoisotopic (exact) mass is 398 g/mol. The Kier molecular flexibility index (Phi) is 5.42. The molecule has 0 saturated heterocycles. The van der Waals surface area contributed by atoms with Gasteiger partial charge in [0.15, 0.2) is 0 Å². The number of aromatic nitrogens is 2. The van der Waals surface area contributed by atoms with E-state index in [4.69, 9.17) is 11.6 Å². The maximum Gasteiger partial charge on any atom is 0.335 e. The Bertz CT molecular complexity index is 1170. The quantitative estimate of drug-likeness (QED) is 0.460. The molecular weight excluding hydrogens is 384 g/mol. The SMILES string of the molecule is C/C(=N\NC(=O)c1ccccc1)c1c(O)n(-c2ccc(Cl)cc2)c(=O)[nH]c1=O. The van der Waals surface area contributed by atoms with Gasteiger partial charge in [-0.15, -0.1) is 0 Å². The van der Waals surface area contributed by atoms with Crippen LogP contribution in [0.5, 0.6) is 5.88 Å². The number of nitrogens with one attached hydrogen (secondary N) is 2. The molecule has 0 aliphatic carbocycles. The van der Waals surface area contributed by atoms with Crippen LogP contribution in [0.4, 0.5) is 0 Å². The number of benzene rings is 2. The van der Waals surface area contributed by atoms with Gasteiger partial charge in [-0.2, -0.15) is 5.10 Å². The highest BCUT2D eigenvalue weighted by Crippen LogP contribution is 2.19. The molecule has 0 bridgehead atoms. The predicted molar refractivity (Wildman–Crippen MR) is 105 cm³/mol. The van der Waals surface area contributed by atoms with E-state index in [-0.39, 0.29) is 11.3 Å². The molecule has 3 rings (SSSR count). The second-order valence-electron chi connectivity index (χ2n) is 5.77. The Hall–Kier alpha value is -3.65. The molecule has 1 heterocycles. The molecule has 2 aromatic carbocycles. The van der Waals surface area contributed by atoms with Gasteiger partial charge < -0.3 is 5.11 Å². The normalized spacial score (nSPS) is 11.3. The highest BCUT2D eigenvalue weighted by Gasteiger charge is 2.18. The maximum absolute atomic E-state index is 12.2. The summed E-state index contributed by atoms with van der Waals surface area (Å²) >= 11 is 5.84. The van der Waals surface area contributed by atoms with Crippen molar-refractivity contribution in [3.05, 3.63) is 91.6 Å². The fourth-order valence-corrected chi connectivity index (χ4v) is 2.65. The Morgan fingerprint density at radius 3 is 2.39 bits per heavy atom. The van der Waals surface area contributed by atoms with Crippen molar-refractivity contribution in [3.8, 4) is 11.6 Å². The van der Waals surface area contributed by atoms with E-state index in [2.05, 4.69) is 15.5 Å². The lowest BCUT2D eigenvalue weighted by Gasteiger charge is -2.11. The molecule has 0 aliphatic rings. The van der Waals surface area contributed by atoms with Gasteiger partial charge >= 0.3 is 5.69 Å². The minimum Gasteiger partial charge on any atom is -0.493 e. The summed E-state index contributed by atoms with van der Waals surface area (Å²) in [5, 5.41) is 14.9. The first-order valence-electron chi connectivity index (χ1n) is 8.13. The Labute approximate surface area is 163 Å². The van der Waals surface area contributed by atoms with Crippen LogP contribution >= 0.6 is 11.6 Å². The summed E-state index contributed by atoms with van der Waals surface area (Å²) in [4.78, 5) is 38.6. The van der Waals surface area contributed by atoms with Crippen LogP contribution in [-0.4, -0.2) is 26.3 Å². The van der Waals surface area contributed by atoms with Crippen molar-refractivity contribution in [1.29, 1.82) is 0 Å². The van der Waals surface area contributed by atoms with Gasteiger partial charge in [0, 0.05) is 10.6 Å². The lowest BCUT2D eigenvalue weighted by molar-refractivity contribution is 0.0955. The summed E-state index contributed by atoms with van der Waals surface area (Å²) < 4.78 is 0.908. The van der Waals surface area contributed by atoms with Gasteiger partial charge in [0.1, 0.15) is 5.56 Å². The Morgan fingerprint density at radius 1 is 1.11 bits per heavy atom. The highest BCUT2D eigenvalue weighted by atomic mass is 35.5. The molecule has 0 unspecified atom stereocenters. The number of hydrogen-bond donors (Lipinski definition) is 3. The largest absolute Gasteiger partial charge is 0.493 e. The van der Waals surface area contributed by atoms with E-state index in [0.29, 0.717) is 16.3 Å².